The standard InChI is InChI=1S/C18H24N4O2/c1-12-9-13(2)22(21-12)16-6-4-5-15(10-16)19-17(24)20-18(3,11-23)14-7-8-14/h4-6,9-10,14,23H,7-8,11H2,1-3H3,(H2,19,20,24). The molecule has 1 heterocycles. The number of benzene rings is 1. The van der Waals surface area contributed by atoms with Crippen molar-refractivity contribution in [1.29, 1.82) is 0 Å². The summed E-state index contributed by atoms with van der Waals surface area (Å²) in [4.78, 5) is 12.3. The van der Waals surface area contributed by atoms with Gasteiger partial charge in [0.2, 0.25) is 0 Å². The Morgan fingerprint density at radius 2 is 2.12 bits per heavy atom. The predicted octanol–water partition coefficient (Wildman–Crippen LogP) is 2.77. The molecule has 1 saturated carbocycles. The lowest BCUT2D eigenvalue weighted by Crippen LogP contribution is -2.52. The van der Waals surface area contributed by atoms with Crippen molar-refractivity contribution in [2.24, 2.45) is 5.92 Å². The number of urea groups is 1. The number of aliphatic hydroxyl groups excluding tert-OH is 1. The molecule has 0 radical (unpaired) electrons. The molecule has 0 bridgehead atoms. The van der Waals surface area contributed by atoms with Gasteiger partial charge >= 0.3 is 6.03 Å². The van der Waals surface area contributed by atoms with E-state index in [2.05, 4.69) is 15.7 Å². The van der Waals surface area contributed by atoms with Crippen LogP contribution in [0.1, 0.15) is 31.2 Å². The molecule has 0 spiro atoms. The van der Waals surface area contributed by atoms with Crippen LogP contribution in [0.5, 0.6) is 0 Å². The maximum atomic E-state index is 12.3. The van der Waals surface area contributed by atoms with E-state index in [4.69, 9.17) is 0 Å². The van der Waals surface area contributed by atoms with Gasteiger partial charge in [-0.2, -0.15) is 5.10 Å². The molecule has 2 aromatic rings. The van der Waals surface area contributed by atoms with Gasteiger partial charge in [0, 0.05) is 11.4 Å². The Morgan fingerprint density at radius 1 is 1.38 bits per heavy atom. The first-order chi connectivity index (χ1) is 11.4. The SMILES string of the molecule is Cc1cc(C)n(-c2cccc(NC(=O)NC(C)(CO)C3CC3)c2)n1. The fourth-order valence-corrected chi connectivity index (χ4v) is 3.02. The summed E-state index contributed by atoms with van der Waals surface area (Å²) in [5.41, 5.74) is 3.01. The highest BCUT2D eigenvalue weighted by Crippen LogP contribution is 2.39. The number of aryl methyl sites for hydroxylation is 2. The maximum absolute atomic E-state index is 12.3. The van der Waals surface area contributed by atoms with E-state index in [1.54, 1.807) is 0 Å². The van der Waals surface area contributed by atoms with E-state index in [1.165, 1.54) is 0 Å². The number of hydrogen-bond acceptors (Lipinski definition) is 3. The smallest absolute Gasteiger partial charge is 0.319 e. The number of rotatable bonds is 5. The lowest BCUT2D eigenvalue weighted by molar-refractivity contribution is 0.159. The number of carbonyl (C=O) groups is 1. The third-order valence-electron chi connectivity index (χ3n) is 4.56. The summed E-state index contributed by atoms with van der Waals surface area (Å²) >= 11 is 0. The molecule has 24 heavy (non-hydrogen) atoms. The zero-order chi connectivity index (χ0) is 17.3. The number of amides is 2. The molecule has 1 aromatic carbocycles. The molecular formula is C18H24N4O2. The van der Waals surface area contributed by atoms with Gasteiger partial charge in [-0.15, -0.1) is 0 Å². The van der Waals surface area contributed by atoms with E-state index in [-0.39, 0.29) is 12.6 Å². The molecule has 6 heteroatoms. The highest BCUT2D eigenvalue weighted by Gasteiger charge is 2.42. The normalized spacial score (nSPS) is 16.5. The first-order valence-corrected chi connectivity index (χ1v) is 8.25. The summed E-state index contributed by atoms with van der Waals surface area (Å²) in [5, 5.41) is 19.8. The summed E-state index contributed by atoms with van der Waals surface area (Å²) in [6.07, 6.45) is 2.09. The number of aromatic nitrogens is 2. The van der Waals surface area contributed by atoms with Crippen LogP contribution in [0.25, 0.3) is 5.69 Å². The molecule has 3 N–H and O–H groups in total. The topological polar surface area (TPSA) is 79.2 Å². The van der Waals surface area contributed by atoms with Crippen molar-refractivity contribution < 1.29 is 9.90 Å². The lowest BCUT2D eigenvalue weighted by atomic mass is 9.97. The summed E-state index contributed by atoms with van der Waals surface area (Å²) in [5.74, 6) is 0.356. The number of nitrogens with one attached hydrogen (secondary N) is 2. The quantitative estimate of drug-likeness (QED) is 0.789. The summed E-state index contributed by atoms with van der Waals surface area (Å²) < 4.78 is 1.85. The van der Waals surface area contributed by atoms with Gasteiger partial charge in [0.1, 0.15) is 0 Å². The molecule has 1 aromatic heterocycles. The molecule has 3 rings (SSSR count). The van der Waals surface area contributed by atoms with Gasteiger partial charge < -0.3 is 15.7 Å². The van der Waals surface area contributed by atoms with Crippen molar-refractivity contribution in [2.45, 2.75) is 39.2 Å². The highest BCUT2D eigenvalue weighted by atomic mass is 16.3. The molecular weight excluding hydrogens is 304 g/mol. The average molecular weight is 328 g/mol. The van der Waals surface area contributed by atoms with Crippen LogP contribution >= 0.6 is 0 Å². The molecule has 1 fully saturated rings. The predicted molar refractivity (Wildman–Crippen MR) is 93.4 cm³/mol. The van der Waals surface area contributed by atoms with Gasteiger partial charge in [-0.3, -0.25) is 0 Å². The molecule has 0 aliphatic heterocycles. The zero-order valence-electron chi connectivity index (χ0n) is 14.3. The highest BCUT2D eigenvalue weighted by molar-refractivity contribution is 5.90. The zero-order valence-corrected chi connectivity index (χ0v) is 14.3. The van der Waals surface area contributed by atoms with Gasteiger partial charge in [-0.25, -0.2) is 9.48 Å². The second-order valence-electron chi connectivity index (χ2n) is 6.82. The average Bonchev–Trinajstić information content (AvgIpc) is 3.33. The lowest BCUT2D eigenvalue weighted by Gasteiger charge is -2.28. The number of anilines is 1. The maximum Gasteiger partial charge on any atom is 0.319 e. The molecule has 1 atom stereocenters. The van der Waals surface area contributed by atoms with Crippen LogP contribution in [0.4, 0.5) is 10.5 Å². The summed E-state index contributed by atoms with van der Waals surface area (Å²) in [6.45, 7) is 5.77. The van der Waals surface area contributed by atoms with E-state index in [0.29, 0.717) is 11.6 Å². The van der Waals surface area contributed by atoms with E-state index < -0.39 is 5.54 Å². The van der Waals surface area contributed by atoms with Crippen LogP contribution in [0.3, 0.4) is 0 Å². The van der Waals surface area contributed by atoms with Gasteiger partial charge in [-0.05, 0) is 63.8 Å². The van der Waals surface area contributed by atoms with Crippen LogP contribution in [0.15, 0.2) is 30.3 Å². The van der Waals surface area contributed by atoms with Crippen LogP contribution in [0, 0.1) is 19.8 Å². The first kappa shape index (κ1) is 16.5. The van der Waals surface area contributed by atoms with Crippen molar-refractivity contribution in [3.8, 4) is 5.69 Å². The number of hydrogen-bond donors (Lipinski definition) is 3. The largest absolute Gasteiger partial charge is 0.394 e. The minimum absolute atomic E-state index is 0.0586. The number of nitrogens with zero attached hydrogens (tertiary/aromatic N) is 2. The van der Waals surface area contributed by atoms with Crippen LogP contribution in [-0.4, -0.2) is 33.1 Å². The molecule has 128 valence electrons. The number of aliphatic hydroxyl groups is 1. The van der Waals surface area contributed by atoms with E-state index in [1.807, 2.05) is 55.8 Å². The Kier molecular flexibility index (Phi) is 4.32. The van der Waals surface area contributed by atoms with E-state index in [0.717, 1.165) is 29.9 Å². The van der Waals surface area contributed by atoms with Crippen molar-refractivity contribution in [3.05, 3.63) is 41.7 Å². The van der Waals surface area contributed by atoms with Crippen molar-refractivity contribution in [3.63, 3.8) is 0 Å². The molecule has 1 aliphatic carbocycles. The summed E-state index contributed by atoms with van der Waals surface area (Å²) in [7, 11) is 0. The van der Waals surface area contributed by atoms with Crippen LogP contribution < -0.4 is 10.6 Å². The van der Waals surface area contributed by atoms with E-state index in [9.17, 15) is 9.90 Å². The second-order valence-corrected chi connectivity index (χ2v) is 6.82. The molecule has 0 saturated heterocycles. The van der Waals surface area contributed by atoms with Gasteiger partial charge in [0.15, 0.2) is 0 Å². The van der Waals surface area contributed by atoms with Gasteiger partial charge in [0.05, 0.1) is 23.5 Å². The second kappa shape index (κ2) is 6.28. The van der Waals surface area contributed by atoms with Crippen molar-refractivity contribution >= 4 is 11.7 Å². The van der Waals surface area contributed by atoms with Crippen molar-refractivity contribution in [1.82, 2.24) is 15.1 Å². The van der Waals surface area contributed by atoms with E-state index >= 15 is 0 Å². The van der Waals surface area contributed by atoms with Crippen LogP contribution in [-0.2, 0) is 0 Å². The van der Waals surface area contributed by atoms with Gasteiger partial charge in [-0.1, -0.05) is 6.07 Å². The Hall–Kier alpha value is -2.34. The Balaban J connectivity index is 1.72. The fraction of sp³-hybridized carbons (Fsp3) is 0.444. The third-order valence-corrected chi connectivity index (χ3v) is 4.56. The van der Waals surface area contributed by atoms with Gasteiger partial charge in [0.25, 0.3) is 0 Å². The Labute approximate surface area is 141 Å². The first-order valence-electron chi connectivity index (χ1n) is 8.25. The Bertz CT molecular complexity index is 751. The Morgan fingerprint density at radius 3 is 2.71 bits per heavy atom. The molecule has 2 amide bonds. The number of carbonyl (C=O) groups excluding carboxylic acids is 1. The van der Waals surface area contributed by atoms with Crippen molar-refractivity contribution in [2.75, 3.05) is 11.9 Å². The molecule has 6 nitrogen and oxygen atoms in total. The minimum Gasteiger partial charge on any atom is -0.394 e. The minimum atomic E-state index is -0.558. The molecule has 1 aliphatic rings. The summed E-state index contributed by atoms with van der Waals surface area (Å²) in [6, 6.07) is 9.26. The molecule has 1 unspecified atom stereocenters. The van der Waals surface area contributed by atoms with Crippen LogP contribution in [0.2, 0.25) is 0 Å². The monoisotopic (exact) mass is 328 g/mol. The third kappa shape index (κ3) is 3.43. The fourth-order valence-electron chi connectivity index (χ4n) is 3.02.